The molecule has 8 nitrogen and oxygen atoms in total. The number of benzene rings is 3. The molecule has 42 heavy (non-hydrogen) atoms. The summed E-state index contributed by atoms with van der Waals surface area (Å²) < 4.78 is 34.1. The van der Waals surface area contributed by atoms with Gasteiger partial charge in [-0.3, -0.25) is 13.9 Å². The lowest BCUT2D eigenvalue weighted by molar-refractivity contribution is -0.140. The molecule has 1 N–H and O–H groups in total. The van der Waals surface area contributed by atoms with Crippen LogP contribution in [0, 0.1) is 5.92 Å². The van der Waals surface area contributed by atoms with Gasteiger partial charge >= 0.3 is 0 Å². The van der Waals surface area contributed by atoms with Gasteiger partial charge in [0.2, 0.25) is 11.8 Å². The molecule has 3 aromatic carbocycles. The van der Waals surface area contributed by atoms with Crippen molar-refractivity contribution in [3.63, 3.8) is 0 Å². The molecule has 1 atom stereocenters. The number of methoxy groups -OCH3 is 1. The molecule has 12 heteroatoms. The van der Waals surface area contributed by atoms with Crippen LogP contribution in [0.25, 0.3) is 0 Å². The fourth-order valence-electron chi connectivity index (χ4n) is 4.25. The van der Waals surface area contributed by atoms with E-state index in [-0.39, 0.29) is 40.4 Å². The van der Waals surface area contributed by atoms with Gasteiger partial charge in [-0.15, -0.1) is 0 Å². The van der Waals surface area contributed by atoms with Crippen LogP contribution in [0.5, 0.6) is 5.75 Å². The highest BCUT2D eigenvalue weighted by Crippen LogP contribution is 2.33. The zero-order valence-corrected chi connectivity index (χ0v) is 26.9. The molecule has 0 saturated carbocycles. The average Bonchev–Trinajstić information content (AvgIpc) is 2.96. The number of anilines is 1. The minimum Gasteiger partial charge on any atom is -0.495 e. The molecular formula is C30H34Cl3N3O5S. The van der Waals surface area contributed by atoms with Crippen molar-refractivity contribution in [2.45, 2.75) is 44.7 Å². The maximum atomic E-state index is 14.2. The van der Waals surface area contributed by atoms with Gasteiger partial charge in [-0.05, 0) is 54.8 Å². The van der Waals surface area contributed by atoms with Gasteiger partial charge in [0.15, 0.2) is 0 Å². The third-order valence-electron chi connectivity index (χ3n) is 6.49. The Morgan fingerprint density at radius 3 is 2.12 bits per heavy atom. The molecule has 0 saturated heterocycles. The first kappa shape index (κ1) is 33.5. The highest BCUT2D eigenvalue weighted by Gasteiger charge is 2.34. The fourth-order valence-corrected chi connectivity index (χ4v) is 6.45. The first-order valence-electron chi connectivity index (χ1n) is 13.3. The first-order chi connectivity index (χ1) is 19.9. The van der Waals surface area contributed by atoms with E-state index in [1.165, 1.54) is 42.3 Å². The van der Waals surface area contributed by atoms with E-state index in [2.05, 4.69) is 5.32 Å². The Balaban J connectivity index is 2.11. The van der Waals surface area contributed by atoms with Gasteiger partial charge in [0.25, 0.3) is 10.0 Å². The van der Waals surface area contributed by atoms with Crippen molar-refractivity contribution < 1.29 is 22.7 Å². The number of hydrogen-bond acceptors (Lipinski definition) is 5. The van der Waals surface area contributed by atoms with Crippen molar-refractivity contribution >= 4 is 62.3 Å². The van der Waals surface area contributed by atoms with Crippen LogP contribution in [0.4, 0.5) is 5.69 Å². The fraction of sp³-hybridized carbons (Fsp3) is 0.333. The molecule has 0 aromatic heterocycles. The summed E-state index contributed by atoms with van der Waals surface area (Å²) >= 11 is 19.3. The van der Waals surface area contributed by atoms with E-state index in [9.17, 15) is 18.0 Å². The van der Waals surface area contributed by atoms with Gasteiger partial charge in [0.05, 0.1) is 22.7 Å². The molecular weight excluding hydrogens is 621 g/mol. The molecule has 0 fully saturated rings. The molecule has 0 bridgehead atoms. The Kier molecular flexibility index (Phi) is 11.9. The average molecular weight is 655 g/mol. The molecule has 0 aliphatic heterocycles. The number of nitrogens with zero attached hydrogens (tertiary/aromatic N) is 2. The molecule has 3 rings (SSSR count). The standard InChI is InChI=1S/C30H34Cl3N3O5S/c1-5-27(30(38)34-17-20(2)3)35(18-23-24(31)12-9-13-25(23)32)29(37)19-36(21-14-15-28(41-4)26(33)16-21)42(39,40)22-10-7-6-8-11-22/h6-16,20,27H,5,17-19H2,1-4H3,(H,34,38). The Morgan fingerprint density at radius 1 is 0.929 bits per heavy atom. The second-order valence-corrected chi connectivity index (χ2v) is 13.0. The maximum Gasteiger partial charge on any atom is 0.264 e. The van der Waals surface area contributed by atoms with Crippen LogP contribution in [0.3, 0.4) is 0 Å². The molecule has 226 valence electrons. The van der Waals surface area contributed by atoms with Crippen molar-refractivity contribution in [2.75, 3.05) is 24.5 Å². The van der Waals surface area contributed by atoms with E-state index in [1.807, 2.05) is 13.8 Å². The number of carbonyl (C=O) groups is 2. The summed E-state index contributed by atoms with van der Waals surface area (Å²) in [5.41, 5.74) is 0.584. The number of nitrogens with one attached hydrogen (secondary N) is 1. The van der Waals surface area contributed by atoms with Gasteiger partial charge in [-0.1, -0.05) is 79.8 Å². The summed E-state index contributed by atoms with van der Waals surface area (Å²) in [6.07, 6.45) is 0.261. The number of ether oxygens (including phenoxy) is 1. The van der Waals surface area contributed by atoms with Crippen molar-refractivity contribution in [1.82, 2.24) is 10.2 Å². The Morgan fingerprint density at radius 2 is 1.57 bits per heavy atom. The normalized spacial score (nSPS) is 12.1. The predicted octanol–water partition coefficient (Wildman–Crippen LogP) is 6.43. The van der Waals surface area contributed by atoms with Gasteiger partial charge in [0.1, 0.15) is 18.3 Å². The Labute approximate surface area is 262 Å². The number of hydrogen-bond donors (Lipinski definition) is 1. The smallest absolute Gasteiger partial charge is 0.264 e. The molecule has 0 heterocycles. The minimum absolute atomic E-state index is 0.0212. The van der Waals surface area contributed by atoms with Crippen LogP contribution >= 0.6 is 34.8 Å². The number of sulfonamides is 1. The van der Waals surface area contributed by atoms with Gasteiger partial charge in [-0.25, -0.2) is 8.42 Å². The third kappa shape index (κ3) is 8.10. The monoisotopic (exact) mass is 653 g/mol. The zero-order valence-electron chi connectivity index (χ0n) is 23.8. The second kappa shape index (κ2) is 15.0. The molecule has 0 spiro atoms. The first-order valence-corrected chi connectivity index (χ1v) is 15.9. The van der Waals surface area contributed by atoms with Crippen LogP contribution in [-0.4, -0.2) is 51.4 Å². The summed E-state index contributed by atoms with van der Waals surface area (Å²) in [6, 6.07) is 16.2. The molecule has 3 aromatic rings. The summed E-state index contributed by atoms with van der Waals surface area (Å²) in [6.45, 7) is 5.35. The van der Waals surface area contributed by atoms with Crippen molar-refractivity contribution in [2.24, 2.45) is 5.92 Å². The van der Waals surface area contributed by atoms with Crippen molar-refractivity contribution in [3.8, 4) is 5.75 Å². The van der Waals surface area contributed by atoms with Crippen LogP contribution in [-0.2, 0) is 26.2 Å². The number of rotatable bonds is 13. The van der Waals surface area contributed by atoms with Crippen molar-refractivity contribution in [3.05, 3.63) is 87.4 Å². The zero-order chi connectivity index (χ0) is 31.0. The van der Waals surface area contributed by atoms with E-state index in [1.54, 1.807) is 43.3 Å². The highest BCUT2D eigenvalue weighted by atomic mass is 35.5. The van der Waals surface area contributed by atoms with E-state index >= 15 is 0 Å². The summed E-state index contributed by atoms with van der Waals surface area (Å²) in [5, 5.41) is 3.67. The lowest BCUT2D eigenvalue weighted by atomic mass is 10.1. The molecule has 0 radical (unpaired) electrons. The van der Waals surface area contributed by atoms with E-state index in [4.69, 9.17) is 39.5 Å². The van der Waals surface area contributed by atoms with E-state index in [0.29, 0.717) is 27.9 Å². The van der Waals surface area contributed by atoms with Crippen LogP contribution < -0.4 is 14.4 Å². The molecule has 2 amide bonds. The lowest BCUT2D eigenvalue weighted by Gasteiger charge is -2.33. The molecule has 1 unspecified atom stereocenters. The number of carbonyl (C=O) groups excluding carboxylic acids is 2. The third-order valence-corrected chi connectivity index (χ3v) is 9.29. The molecule has 0 aliphatic rings. The minimum atomic E-state index is -4.25. The van der Waals surface area contributed by atoms with Crippen LogP contribution in [0.1, 0.15) is 32.8 Å². The summed E-state index contributed by atoms with van der Waals surface area (Å²) in [5.74, 6) is -0.483. The maximum absolute atomic E-state index is 14.2. The van der Waals surface area contributed by atoms with Crippen molar-refractivity contribution in [1.29, 1.82) is 0 Å². The Hall–Kier alpha value is -2.98. The Bertz CT molecular complexity index is 1480. The topological polar surface area (TPSA) is 96.0 Å². The predicted molar refractivity (Wildman–Crippen MR) is 168 cm³/mol. The second-order valence-electron chi connectivity index (χ2n) is 9.93. The van der Waals surface area contributed by atoms with E-state index < -0.39 is 28.5 Å². The van der Waals surface area contributed by atoms with Gasteiger partial charge in [-0.2, -0.15) is 0 Å². The lowest BCUT2D eigenvalue weighted by Crippen LogP contribution is -2.52. The number of amides is 2. The van der Waals surface area contributed by atoms with Crippen LogP contribution in [0.15, 0.2) is 71.6 Å². The van der Waals surface area contributed by atoms with Gasteiger partial charge in [0, 0.05) is 28.7 Å². The van der Waals surface area contributed by atoms with Crippen LogP contribution in [0.2, 0.25) is 15.1 Å². The summed E-state index contributed by atoms with van der Waals surface area (Å²) in [7, 11) is -2.81. The SMILES string of the molecule is CCC(C(=O)NCC(C)C)N(Cc1c(Cl)cccc1Cl)C(=O)CN(c1ccc(OC)c(Cl)c1)S(=O)(=O)c1ccccc1. The summed E-state index contributed by atoms with van der Waals surface area (Å²) in [4.78, 5) is 28.8. The van der Waals surface area contributed by atoms with Gasteiger partial charge < -0.3 is 15.0 Å². The largest absolute Gasteiger partial charge is 0.495 e. The number of halogens is 3. The quantitative estimate of drug-likeness (QED) is 0.229. The van der Waals surface area contributed by atoms with E-state index in [0.717, 1.165) is 4.31 Å². The molecule has 0 aliphatic carbocycles. The highest BCUT2D eigenvalue weighted by molar-refractivity contribution is 7.92.